The van der Waals surface area contributed by atoms with E-state index in [1.54, 1.807) is 26.7 Å². The van der Waals surface area contributed by atoms with Crippen LogP contribution in [0.1, 0.15) is 32.4 Å². The molecule has 0 bridgehead atoms. The maximum atomic E-state index is 13.3. The standard InChI is InChI=1S/C28H33N7O3/c1-18(19-7-6-8-21(13-19)37-4)32-27(36)35-12-11-34(16-28(35,2)3)26-22-15-23(33-25(22)30-17-31-26)20-9-10-29-24(14-20)38-5/h6-10,13-15,17-18H,11-12,16H2,1-5H3,(H,32,36)(H,30,31,33). The normalized spacial score (nSPS) is 15.8. The number of amides is 2. The van der Waals surface area contributed by atoms with Gasteiger partial charge in [-0.15, -0.1) is 0 Å². The van der Waals surface area contributed by atoms with Crippen molar-refractivity contribution in [1.82, 2.24) is 30.2 Å². The number of rotatable bonds is 6. The first kappa shape index (κ1) is 25.3. The van der Waals surface area contributed by atoms with E-state index in [9.17, 15) is 4.79 Å². The van der Waals surface area contributed by atoms with Gasteiger partial charge in [0.2, 0.25) is 5.88 Å². The van der Waals surface area contributed by atoms with E-state index < -0.39 is 5.54 Å². The van der Waals surface area contributed by atoms with Crippen LogP contribution in [0, 0.1) is 0 Å². The number of pyridine rings is 1. The molecule has 2 N–H and O–H groups in total. The van der Waals surface area contributed by atoms with Gasteiger partial charge in [0.1, 0.15) is 23.5 Å². The number of ether oxygens (including phenoxy) is 2. The molecule has 1 aliphatic rings. The van der Waals surface area contributed by atoms with E-state index in [0.717, 1.165) is 39.4 Å². The quantitative estimate of drug-likeness (QED) is 0.392. The van der Waals surface area contributed by atoms with E-state index >= 15 is 0 Å². The summed E-state index contributed by atoms with van der Waals surface area (Å²) in [5, 5.41) is 4.08. The van der Waals surface area contributed by atoms with Crippen LogP contribution in [0.2, 0.25) is 0 Å². The second-order valence-corrected chi connectivity index (χ2v) is 10.1. The molecule has 1 aliphatic heterocycles. The van der Waals surface area contributed by atoms with Crippen LogP contribution in [0.15, 0.2) is 55.0 Å². The molecule has 1 atom stereocenters. The molecule has 5 rings (SSSR count). The minimum atomic E-state index is -0.425. The Kier molecular flexibility index (Phi) is 6.79. The molecule has 10 heteroatoms. The molecule has 4 aromatic rings. The Hall–Kier alpha value is -4.34. The highest BCUT2D eigenvalue weighted by atomic mass is 16.5. The fourth-order valence-electron chi connectivity index (χ4n) is 4.99. The number of aromatic nitrogens is 4. The Morgan fingerprint density at radius 3 is 2.68 bits per heavy atom. The lowest BCUT2D eigenvalue weighted by molar-refractivity contribution is 0.121. The maximum Gasteiger partial charge on any atom is 0.318 e. The molecule has 2 amide bonds. The number of nitrogens with one attached hydrogen (secondary N) is 2. The van der Waals surface area contributed by atoms with Crippen LogP contribution in [0.3, 0.4) is 0 Å². The van der Waals surface area contributed by atoms with Gasteiger partial charge in [0, 0.05) is 43.2 Å². The van der Waals surface area contributed by atoms with Gasteiger partial charge in [-0.2, -0.15) is 0 Å². The Bertz CT molecular complexity index is 1450. The highest BCUT2D eigenvalue weighted by molar-refractivity contribution is 5.92. The third-order valence-electron chi connectivity index (χ3n) is 7.04. The largest absolute Gasteiger partial charge is 0.497 e. The van der Waals surface area contributed by atoms with E-state index in [0.29, 0.717) is 25.5 Å². The Balaban J connectivity index is 1.33. The van der Waals surface area contributed by atoms with Gasteiger partial charge in [0.15, 0.2) is 0 Å². The van der Waals surface area contributed by atoms with Crippen LogP contribution in [-0.4, -0.2) is 70.3 Å². The molecular weight excluding hydrogens is 482 g/mol. The van der Waals surface area contributed by atoms with Crippen LogP contribution in [0.5, 0.6) is 11.6 Å². The first-order chi connectivity index (χ1) is 18.3. The molecule has 198 valence electrons. The summed E-state index contributed by atoms with van der Waals surface area (Å²) in [7, 11) is 3.24. The van der Waals surface area contributed by atoms with Crippen molar-refractivity contribution in [2.45, 2.75) is 32.4 Å². The summed E-state index contributed by atoms with van der Waals surface area (Å²) in [6, 6.07) is 13.4. The lowest BCUT2D eigenvalue weighted by atomic mass is 9.98. The monoisotopic (exact) mass is 515 g/mol. The number of methoxy groups -OCH3 is 2. The lowest BCUT2D eigenvalue weighted by Crippen LogP contribution is -2.63. The summed E-state index contributed by atoms with van der Waals surface area (Å²) < 4.78 is 10.6. The van der Waals surface area contributed by atoms with Gasteiger partial charge < -0.3 is 29.6 Å². The number of hydrogen-bond donors (Lipinski definition) is 2. The molecule has 0 spiro atoms. The van der Waals surface area contributed by atoms with Crippen molar-refractivity contribution >= 4 is 22.9 Å². The van der Waals surface area contributed by atoms with Gasteiger partial charge in [-0.05, 0) is 50.6 Å². The number of aromatic amines is 1. The fraction of sp³-hybridized carbons (Fsp3) is 0.357. The third kappa shape index (κ3) is 4.93. The van der Waals surface area contributed by atoms with Crippen LogP contribution in [-0.2, 0) is 0 Å². The number of carbonyl (C=O) groups is 1. The summed E-state index contributed by atoms with van der Waals surface area (Å²) >= 11 is 0. The van der Waals surface area contributed by atoms with Crippen molar-refractivity contribution in [1.29, 1.82) is 0 Å². The molecule has 1 fully saturated rings. The van der Waals surface area contributed by atoms with E-state index in [1.165, 1.54) is 0 Å². The van der Waals surface area contributed by atoms with Gasteiger partial charge in [0.25, 0.3) is 0 Å². The average Bonchev–Trinajstić information content (AvgIpc) is 3.37. The topological polar surface area (TPSA) is 108 Å². The van der Waals surface area contributed by atoms with Gasteiger partial charge in [-0.3, -0.25) is 0 Å². The molecule has 0 saturated carbocycles. The van der Waals surface area contributed by atoms with Crippen molar-refractivity contribution in [3.8, 4) is 22.9 Å². The third-order valence-corrected chi connectivity index (χ3v) is 7.04. The highest BCUT2D eigenvalue weighted by Gasteiger charge is 2.38. The lowest BCUT2D eigenvalue weighted by Gasteiger charge is -2.47. The van der Waals surface area contributed by atoms with Crippen molar-refractivity contribution in [2.24, 2.45) is 0 Å². The number of carbonyl (C=O) groups excluding carboxylic acids is 1. The summed E-state index contributed by atoms with van der Waals surface area (Å²) in [5.41, 5.74) is 3.18. The van der Waals surface area contributed by atoms with Crippen LogP contribution in [0.25, 0.3) is 22.3 Å². The van der Waals surface area contributed by atoms with Crippen molar-refractivity contribution in [3.63, 3.8) is 0 Å². The Labute approximate surface area is 222 Å². The number of H-pyrrole nitrogens is 1. The second kappa shape index (κ2) is 10.2. The van der Waals surface area contributed by atoms with E-state index in [4.69, 9.17) is 9.47 Å². The van der Waals surface area contributed by atoms with E-state index in [-0.39, 0.29) is 12.1 Å². The Morgan fingerprint density at radius 2 is 1.92 bits per heavy atom. The number of benzene rings is 1. The molecule has 1 aromatic carbocycles. The van der Waals surface area contributed by atoms with Crippen molar-refractivity contribution < 1.29 is 14.3 Å². The average molecular weight is 516 g/mol. The number of fused-ring (bicyclic) bond motifs is 1. The molecule has 10 nitrogen and oxygen atoms in total. The number of urea groups is 1. The molecule has 4 heterocycles. The van der Waals surface area contributed by atoms with Crippen LogP contribution < -0.4 is 19.7 Å². The minimum absolute atomic E-state index is 0.0895. The van der Waals surface area contributed by atoms with Crippen molar-refractivity contribution in [2.75, 3.05) is 38.8 Å². The molecule has 1 saturated heterocycles. The molecule has 38 heavy (non-hydrogen) atoms. The summed E-state index contributed by atoms with van der Waals surface area (Å²) in [6.45, 7) is 7.99. The molecule has 0 radical (unpaired) electrons. The Morgan fingerprint density at radius 1 is 1.08 bits per heavy atom. The zero-order valence-corrected chi connectivity index (χ0v) is 22.4. The number of nitrogens with zero attached hydrogens (tertiary/aromatic N) is 5. The SMILES string of the molecule is COc1cccc(C(C)NC(=O)N2CCN(c3ncnc4[nH]c(-c5ccnc(OC)c5)cc34)CC2(C)C)c1. The smallest absolute Gasteiger partial charge is 0.318 e. The highest BCUT2D eigenvalue weighted by Crippen LogP contribution is 2.32. The maximum absolute atomic E-state index is 13.3. The first-order valence-electron chi connectivity index (χ1n) is 12.6. The van der Waals surface area contributed by atoms with E-state index in [1.807, 2.05) is 48.2 Å². The summed E-state index contributed by atoms with van der Waals surface area (Å²) in [5.74, 6) is 2.16. The van der Waals surface area contributed by atoms with Crippen LogP contribution >= 0.6 is 0 Å². The summed E-state index contributed by atoms with van der Waals surface area (Å²) in [4.78, 5) is 34.1. The zero-order chi connectivity index (χ0) is 26.9. The minimum Gasteiger partial charge on any atom is -0.497 e. The predicted molar refractivity (Wildman–Crippen MR) is 147 cm³/mol. The predicted octanol–water partition coefficient (Wildman–Crippen LogP) is 4.41. The molecule has 3 aromatic heterocycles. The van der Waals surface area contributed by atoms with Gasteiger partial charge >= 0.3 is 6.03 Å². The van der Waals surface area contributed by atoms with Crippen molar-refractivity contribution in [3.05, 3.63) is 60.6 Å². The van der Waals surface area contributed by atoms with Gasteiger partial charge in [0.05, 0.1) is 31.2 Å². The van der Waals surface area contributed by atoms with Crippen LogP contribution in [0.4, 0.5) is 10.6 Å². The molecular formula is C28H33N7O3. The zero-order valence-electron chi connectivity index (χ0n) is 22.4. The van der Waals surface area contributed by atoms with Gasteiger partial charge in [-0.25, -0.2) is 19.7 Å². The van der Waals surface area contributed by atoms with Gasteiger partial charge in [-0.1, -0.05) is 12.1 Å². The van der Waals surface area contributed by atoms with E-state index in [2.05, 4.69) is 50.1 Å². The second-order valence-electron chi connectivity index (χ2n) is 10.1. The molecule has 1 unspecified atom stereocenters. The molecule has 0 aliphatic carbocycles. The number of piperazine rings is 1. The number of anilines is 1. The number of hydrogen-bond acceptors (Lipinski definition) is 7. The first-order valence-corrected chi connectivity index (χ1v) is 12.6. The summed E-state index contributed by atoms with van der Waals surface area (Å²) in [6.07, 6.45) is 3.29. The fourth-order valence-corrected chi connectivity index (χ4v) is 4.99.